The van der Waals surface area contributed by atoms with Gasteiger partial charge in [-0.3, -0.25) is 4.79 Å². The zero-order valence-corrected chi connectivity index (χ0v) is 16.7. The number of piperidine rings is 2. The molecule has 0 atom stereocenters. The predicted molar refractivity (Wildman–Crippen MR) is 114 cm³/mol. The average Bonchev–Trinajstić information content (AvgIpc) is 3.24. The minimum absolute atomic E-state index is 0.0774. The fourth-order valence-corrected chi connectivity index (χ4v) is 5.35. The molecule has 0 amide bonds. The van der Waals surface area contributed by atoms with Crippen molar-refractivity contribution < 1.29 is 0 Å². The first-order valence-electron chi connectivity index (χ1n) is 10.2. The molecule has 3 aromatic rings. The predicted octanol–water partition coefficient (Wildman–Crippen LogP) is 3.50. The number of rotatable bonds is 3. The van der Waals surface area contributed by atoms with Gasteiger partial charge in [-0.25, -0.2) is 0 Å². The molecule has 2 aliphatic rings. The Balaban J connectivity index is 1.29. The van der Waals surface area contributed by atoms with E-state index in [-0.39, 0.29) is 5.56 Å². The minimum Gasteiger partial charge on any atom is -0.347 e. The number of nitrogens with zero attached hydrogens (tertiary/aromatic N) is 4. The summed E-state index contributed by atoms with van der Waals surface area (Å²) in [6, 6.07) is 10.2. The summed E-state index contributed by atoms with van der Waals surface area (Å²) in [5.41, 5.74) is 1.82. The van der Waals surface area contributed by atoms with E-state index in [2.05, 4.69) is 31.0 Å². The Morgan fingerprint density at radius 1 is 0.964 bits per heavy atom. The van der Waals surface area contributed by atoms with Crippen LogP contribution in [-0.2, 0) is 0 Å². The number of likely N-dealkylation sites (tertiary alicyclic amines) is 1. The lowest BCUT2D eigenvalue weighted by Crippen LogP contribution is -2.46. The third kappa shape index (κ3) is 3.56. The molecular weight excluding hydrogens is 370 g/mol. The maximum Gasteiger partial charge on any atom is 0.248 e. The number of aromatic amines is 1. The van der Waals surface area contributed by atoms with Crippen LogP contribution in [0.4, 0.5) is 5.13 Å². The van der Waals surface area contributed by atoms with Crippen molar-refractivity contribution in [2.24, 2.45) is 0 Å². The van der Waals surface area contributed by atoms with Gasteiger partial charge < -0.3 is 14.8 Å². The smallest absolute Gasteiger partial charge is 0.248 e. The number of aromatic nitrogens is 3. The molecule has 0 unspecified atom stereocenters. The van der Waals surface area contributed by atoms with Crippen molar-refractivity contribution in [2.75, 3.05) is 31.1 Å². The molecular formula is C21H25N5OS. The lowest BCUT2D eigenvalue weighted by Gasteiger charge is -2.40. The molecule has 7 heteroatoms. The molecule has 0 spiro atoms. The molecule has 28 heavy (non-hydrogen) atoms. The number of nitrogens with one attached hydrogen (secondary N) is 1. The molecule has 0 aliphatic carbocycles. The summed E-state index contributed by atoms with van der Waals surface area (Å²) in [5.74, 6) is 0. The van der Waals surface area contributed by atoms with Crippen LogP contribution in [0.5, 0.6) is 0 Å². The first-order chi connectivity index (χ1) is 13.8. The van der Waals surface area contributed by atoms with Gasteiger partial charge in [-0.05, 0) is 68.4 Å². The van der Waals surface area contributed by atoms with Crippen molar-refractivity contribution in [1.82, 2.24) is 20.1 Å². The zero-order chi connectivity index (χ0) is 18.9. The van der Waals surface area contributed by atoms with Crippen LogP contribution < -0.4 is 10.5 Å². The van der Waals surface area contributed by atoms with Crippen molar-refractivity contribution in [3.63, 3.8) is 0 Å². The average molecular weight is 396 g/mol. The highest BCUT2D eigenvalue weighted by Crippen LogP contribution is 2.32. The molecule has 0 saturated carbocycles. The van der Waals surface area contributed by atoms with Crippen LogP contribution in [0.1, 0.15) is 32.1 Å². The van der Waals surface area contributed by atoms with E-state index in [0.29, 0.717) is 0 Å². The van der Waals surface area contributed by atoms with E-state index in [1.54, 1.807) is 17.4 Å². The second-order valence-electron chi connectivity index (χ2n) is 7.83. The third-order valence-corrected chi connectivity index (χ3v) is 7.06. The van der Waals surface area contributed by atoms with Crippen LogP contribution in [-0.4, -0.2) is 52.3 Å². The Kier molecular flexibility index (Phi) is 4.86. The number of benzene rings is 1. The molecule has 2 fully saturated rings. The normalized spacial score (nSPS) is 19.4. The molecule has 4 heterocycles. The number of H-pyrrole nitrogens is 1. The van der Waals surface area contributed by atoms with Gasteiger partial charge >= 0.3 is 0 Å². The largest absolute Gasteiger partial charge is 0.347 e. The van der Waals surface area contributed by atoms with Crippen LogP contribution >= 0.6 is 11.3 Å². The minimum atomic E-state index is -0.0774. The second kappa shape index (κ2) is 7.64. The Bertz CT molecular complexity index is 1010. The van der Waals surface area contributed by atoms with Crippen LogP contribution in [0.2, 0.25) is 0 Å². The van der Waals surface area contributed by atoms with E-state index in [1.807, 2.05) is 18.2 Å². The SMILES string of the molecule is O=c1ccc2cc(-c3nnc(N4CCC(N5CCCCC5)CC4)s3)ccc2[nH]1. The van der Waals surface area contributed by atoms with E-state index < -0.39 is 0 Å². The van der Waals surface area contributed by atoms with Crippen LogP contribution in [0.15, 0.2) is 35.1 Å². The van der Waals surface area contributed by atoms with Crippen molar-refractivity contribution in [1.29, 1.82) is 0 Å². The molecule has 1 N–H and O–H groups in total. The highest BCUT2D eigenvalue weighted by atomic mass is 32.1. The van der Waals surface area contributed by atoms with E-state index in [0.717, 1.165) is 45.7 Å². The van der Waals surface area contributed by atoms with E-state index in [4.69, 9.17) is 0 Å². The molecule has 2 saturated heterocycles. The van der Waals surface area contributed by atoms with Gasteiger partial charge in [0.2, 0.25) is 10.7 Å². The molecule has 2 aromatic heterocycles. The molecule has 6 nitrogen and oxygen atoms in total. The fraction of sp³-hybridized carbons (Fsp3) is 0.476. The number of hydrogen-bond donors (Lipinski definition) is 1. The van der Waals surface area contributed by atoms with Crippen LogP contribution in [0.3, 0.4) is 0 Å². The van der Waals surface area contributed by atoms with Gasteiger partial charge in [0.1, 0.15) is 5.01 Å². The summed E-state index contributed by atoms with van der Waals surface area (Å²) < 4.78 is 0. The highest BCUT2D eigenvalue weighted by Gasteiger charge is 2.27. The lowest BCUT2D eigenvalue weighted by molar-refractivity contribution is 0.141. The Hall–Kier alpha value is -2.25. The lowest BCUT2D eigenvalue weighted by atomic mass is 10.0. The van der Waals surface area contributed by atoms with Crippen LogP contribution in [0.25, 0.3) is 21.5 Å². The number of pyridine rings is 1. The summed E-state index contributed by atoms with van der Waals surface area (Å²) in [7, 11) is 0. The fourth-order valence-electron chi connectivity index (χ4n) is 4.45. The summed E-state index contributed by atoms with van der Waals surface area (Å²) in [6.45, 7) is 4.69. The van der Waals surface area contributed by atoms with E-state index in [1.165, 1.54) is 45.2 Å². The van der Waals surface area contributed by atoms with E-state index >= 15 is 0 Å². The molecule has 0 radical (unpaired) electrons. The number of anilines is 1. The second-order valence-corrected chi connectivity index (χ2v) is 8.79. The molecule has 0 bridgehead atoms. The van der Waals surface area contributed by atoms with Gasteiger partial charge in [0.05, 0.1) is 0 Å². The third-order valence-electron chi connectivity index (χ3n) is 6.03. The van der Waals surface area contributed by atoms with E-state index in [9.17, 15) is 4.79 Å². The summed E-state index contributed by atoms with van der Waals surface area (Å²) in [4.78, 5) is 19.4. The molecule has 5 rings (SSSR count). The highest BCUT2D eigenvalue weighted by molar-refractivity contribution is 7.18. The zero-order valence-electron chi connectivity index (χ0n) is 15.9. The summed E-state index contributed by atoms with van der Waals surface area (Å²) in [5, 5.41) is 11.9. The Labute approximate surface area is 168 Å². The van der Waals surface area contributed by atoms with Crippen molar-refractivity contribution >= 4 is 27.4 Å². The van der Waals surface area contributed by atoms with Gasteiger partial charge in [-0.2, -0.15) is 0 Å². The molecule has 1 aromatic carbocycles. The monoisotopic (exact) mass is 395 g/mol. The molecule has 146 valence electrons. The van der Waals surface area contributed by atoms with Gasteiger partial charge in [0.25, 0.3) is 0 Å². The Morgan fingerprint density at radius 2 is 1.79 bits per heavy atom. The first kappa shape index (κ1) is 17.8. The quantitative estimate of drug-likeness (QED) is 0.735. The first-order valence-corrected chi connectivity index (χ1v) is 11.0. The number of hydrogen-bond acceptors (Lipinski definition) is 6. The number of fused-ring (bicyclic) bond motifs is 1. The van der Waals surface area contributed by atoms with Gasteiger partial charge in [0.15, 0.2) is 0 Å². The Morgan fingerprint density at radius 3 is 2.61 bits per heavy atom. The maximum atomic E-state index is 11.5. The van der Waals surface area contributed by atoms with Crippen molar-refractivity contribution in [2.45, 2.75) is 38.1 Å². The van der Waals surface area contributed by atoms with Crippen molar-refractivity contribution in [3.05, 3.63) is 40.7 Å². The van der Waals surface area contributed by atoms with Crippen molar-refractivity contribution in [3.8, 4) is 10.6 Å². The molecule has 2 aliphatic heterocycles. The van der Waals surface area contributed by atoms with Gasteiger partial charge in [-0.1, -0.05) is 17.8 Å². The van der Waals surface area contributed by atoms with Gasteiger partial charge in [-0.15, -0.1) is 10.2 Å². The van der Waals surface area contributed by atoms with Crippen LogP contribution in [0, 0.1) is 0 Å². The summed E-state index contributed by atoms with van der Waals surface area (Å²) in [6.07, 6.45) is 6.56. The summed E-state index contributed by atoms with van der Waals surface area (Å²) >= 11 is 1.66. The van der Waals surface area contributed by atoms with Gasteiger partial charge in [0, 0.05) is 36.3 Å². The topological polar surface area (TPSA) is 65.1 Å². The standard InChI is InChI=1S/C21H25N5OS/c27-19-7-5-15-14-16(4-6-18(15)22-19)20-23-24-21(28-20)26-12-8-17(9-13-26)25-10-2-1-3-11-25/h4-7,14,17H,1-3,8-13H2,(H,22,27). The maximum absolute atomic E-state index is 11.5.